The molecule has 2 amide bonds. The zero-order valence-corrected chi connectivity index (χ0v) is 15.4. The highest BCUT2D eigenvalue weighted by molar-refractivity contribution is 6.25. The van der Waals surface area contributed by atoms with Gasteiger partial charge in [0.25, 0.3) is 11.8 Å². The van der Waals surface area contributed by atoms with Crippen molar-refractivity contribution < 1.29 is 9.59 Å². The second kappa shape index (κ2) is 6.84. The van der Waals surface area contributed by atoms with E-state index in [2.05, 4.69) is 16.7 Å². The highest BCUT2D eigenvalue weighted by Crippen LogP contribution is 2.33. The van der Waals surface area contributed by atoms with Crippen molar-refractivity contribution in [2.24, 2.45) is 0 Å². The summed E-state index contributed by atoms with van der Waals surface area (Å²) in [7, 11) is 5.98. The predicted molar refractivity (Wildman–Crippen MR) is 101 cm³/mol. The number of rotatable bonds is 6. The smallest absolute Gasteiger partial charge is 0.261 e. The van der Waals surface area contributed by atoms with Crippen molar-refractivity contribution >= 4 is 28.3 Å². The Bertz CT molecular complexity index is 829. The molecular formula is C20H25N3O2. The first kappa shape index (κ1) is 17.4. The van der Waals surface area contributed by atoms with Crippen molar-refractivity contribution in [1.82, 2.24) is 9.80 Å². The molecule has 0 radical (unpaired) electrons. The normalized spacial score (nSPS) is 13.9. The van der Waals surface area contributed by atoms with Gasteiger partial charge in [-0.3, -0.25) is 14.5 Å². The minimum atomic E-state index is -0.182. The maximum Gasteiger partial charge on any atom is 0.261 e. The summed E-state index contributed by atoms with van der Waals surface area (Å²) in [6.45, 7) is 4.21. The quantitative estimate of drug-likeness (QED) is 0.759. The molecule has 0 fully saturated rings. The predicted octanol–water partition coefficient (Wildman–Crippen LogP) is 2.84. The Morgan fingerprint density at radius 2 is 1.72 bits per heavy atom. The van der Waals surface area contributed by atoms with Gasteiger partial charge in [0.1, 0.15) is 0 Å². The largest absolute Gasteiger partial charge is 0.375 e. The Labute approximate surface area is 148 Å². The lowest BCUT2D eigenvalue weighted by Crippen LogP contribution is -2.41. The van der Waals surface area contributed by atoms with E-state index in [0.717, 1.165) is 36.0 Å². The molecule has 0 N–H and O–H groups in total. The van der Waals surface area contributed by atoms with E-state index in [1.54, 1.807) is 0 Å². The van der Waals surface area contributed by atoms with Gasteiger partial charge in [-0.25, -0.2) is 0 Å². The molecule has 1 heterocycles. The van der Waals surface area contributed by atoms with E-state index in [1.165, 1.54) is 4.90 Å². The van der Waals surface area contributed by atoms with E-state index >= 15 is 0 Å². The summed E-state index contributed by atoms with van der Waals surface area (Å²) in [6, 6.07) is 9.65. The number of imide groups is 1. The molecule has 0 bridgehead atoms. The van der Waals surface area contributed by atoms with Crippen molar-refractivity contribution in [2.45, 2.75) is 13.3 Å². The lowest BCUT2D eigenvalue weighted by atomic mass is 9.93. The van der Waals surface area contributed by atoms with Gasteiger partial charge in [-0.2, -0.15) is 0 Å². The van der Waals surface area contributed by atoms with Crippen LogP contribution in [0.2, 0.25) is 0 Å². The van der Waals surface area contributed by atoms with Crippen LogP contribution >= 0.6 is 0 Å². The molecule has 1 aliphatic heterocycles. The first-order valence-corrected chi connectivity index (χ1v) is 8.73. The van der Waals surface area contributed by atoms with E-state index in [0.29, 0.717) is 17.7 Å². The molecule has 132 valence electrons. The molecule has 5 heteroatoms. The number of carbonyl (C=O) groups is 2. The summed E-state index contributed by atoms with van der Waals surface area (Å²) in [5, 5.41) is 1.73. The van der Waals surface area contributed by atoms with Gasteiger partial charge in [0.2, 0.25) is 0 Å². The third-order valence-corrected chi connectivity index (χ3v) is 4.81. The standard InChI is InChI=1S/C20H25N3O2/c1-5-22(4)15-12-14-8-6-9-16-18(14)17(13-15)20(25)23(19(16)24)11-7-10-21(2)3/h6,8-9,12-13H,5,7,10-11H2,1-4H3. The Morgan fingerprint density at radius 1 is 1.00 bits per heavy atom. The fourth-order valence-corrected chi connectivity index (χ4v) is 3.29. The lowest BCUT2D eigenvalue weighted by molar-refractivity contribution is 0.0606. The number of benzene rings is 2. The second-order valence-electron chi connectivity index (χ2n) is 6.83. The molecule has 0 spiro atoms. The topological polar surface area (TPSA) is 43.9 Å². The van der Waals surface area contributed by atoms with Crippen LogP contribution in [0.15, 0.2) is 30.3 Å². The minimum Gasteiger partial charge on any atom is -0.375 e. The number of hydrogen-bond donors (Lipinski definition) is 0. The summed E-state index contributed by atoms with van der Waals surface area (Å²) in [4.78, 5) is 31.4. The van der Waals surface area contributed by atoms with Crippen LogP contribution in [-0.2, 0) is 0 Å². The molecule has 0 aliphatic carbocycles. The molecule has 0 saturated carbocycles. The van der Waals surface area contributed by atoms with Gasteiger partial charge in [0.05, 0.1) is 5.56 Å². The lowest BCUT2D eigenvalue weighted by Gasteiger charge is -2.29. The van der Waals surface area contributed by atoms with Crippen LogP contribution in [0.3, 0.4) is 0 Å². The molecule has 5 nitrogen and oxygen atoms in total. The summed E-state index contributed by atoms with van der Waals surface area (Å²) >= 11 is 0. The first-order valence-electron chi connectivity index (χ1n) is 8.73. The van der Waals surface area contributed by atoms with Gasteiger partial charge < -0.3 is 9.80 Å². The third kappa shape index (κ3) is 3.12. The van der Waals surface area contributed by atoms with Gasteiger partial charge in [-0.1, -0.05) is 12.1 Å². The number of anilines is 1. The molecular weight excluding hydrogens is 314 g/mol. The molecule has 1 aliphatic rings. The maximum absolute atomic E-state index is 13.0. The van der Waals surface area contributed by atoms with Crippen molar-refractivity contribution in [3.63, 3.8) is 0 Å². The summed E-state index contributed by atoms with van der Waals surface area (Å²) in [5.41, 5.74) is 2.26. The summed E-state index contributed by atoms with van der Waals surface area (Å²) < 4.78 is 0. The number of carbonyl (C=O) groups excluding carboxylic acids is 2. The van der Waals surface area contributed by atoms with Crippen LogP contribution in [0, 0.1) is 0 Å². The van der Waals surface area contributed by atoms with E-state index in [-0.39, 0.29) is 11.8 Å². The molecule has 3 rings (SSSR count). The Balaban J connectivity index is 2.06. The first-order chi connectivity index (χ1) is 11.9. The van der Waals surface area contributed by atoms with Gasteiger partial charge in [-0.05, 0) is 57.6 Å². The van der Waals surface area contributed by atoms with Crippen molar-refractivity contribution in [1.29, 1.82) is 0 Å². The van der Waals surface area contributed by atoms with Gasteiger partial charge >= 0.3 is 0 Å². The average molecular weight is 339 g/mol. The minimum absolute atomic E-state index is 0.182. The number of amides is 2. The summed E-state index contributed by atoms with van der Waals surface area (Å²) in [6.07, 6.45) is 0.768. The Kier molecular flexibility index (Phi) is 4.77. The van der Waals surface area contributed by atoms with Gasteiger partial charge in [-0.15, -0.1) is 0 Å². The van der Waals surface area contributed by atoms with E-state index in [4.69, 9.17) is 0 Å². The Hall–Kier alpha value is -2.40. The van der Waals surface area contributed by atoms with Crippen LogP contribution < -0.4 is 4.90 Å². The van der Waals surface area contributed by atoms with Crippen LogP contribution in [0.4, 0.5) is 5.69 Å². The molecule has 0 aromatic heterocycles. The van der Waals surface area contributed by atoms with Gasteiger partial charge in [0.15, 0.2) is 0 Å². The van der Waals surface area contributed by atoms with Crippen LogP contribution in [0.5, 0.6) is 0 Å². The highest BCUT2D eigenvalue weighted by atomic mass is 16.2. The van der Waals surface area contributed by atoms with Gasteiger partial charge in [0, 0.05) is 36.8 Å². The monoisotopic (exact) mass is 339 g/mol. The number of nitrogens with zero attached hydrogens (tertiary/aromatic N) is 3. The zero-order chi connectivity index (χ0) is 18.1. The van der Waals surface area contributed by atoms with Crippen molar-refractivity contribution in [2.75, 3.05) is 45.7 Å². The van der Waals surface area contributed by atoms with E-state index < -0.39 is 0 Å². The molecule has 0 unspecified atom stereocenters. The molecule has 0 atom stereocenters. The molecule has 25 heavy (non-hydrogen) atoms. The van der Waals surface area contributed by atoms with Crippen LogP contribution in [0.25, 0.3) is 10.8 Å². The molecule has 2 aromatic rings. The SMILES string of the molecule is CCN(C)c1cc2c3c(cccc3c1)C(=O)N(CCCN(C)C)C2=O. The van der Waals surface area contributed by atoms with E-state index in [1.807, 2.05) is 51.5 Å². The zero-order valence-electron chi connectivity index (χ0n) is 15.4. The van der Waals surface area contributed by atoms with Crippen molar-refractivity contribution in [3.05, 3.63) is 41.5 Å². The second-order valence-corrected chi connectivity index (χ2v) is 6.83. The Morgan fingerprint density at radius 3 is 2.40 bits per heavy atom. The highest BCUT2D eigenvalue weighted by Gasteiger charge is 2.32. The third-order valence-electron chi connectivity index (χ3n) is 4.81. The number of hydrogen-bond acceptors (Lipinski definition) is 4. The van der Waals surface area contributed by atoms with Crippen LogP contribution in [0.1, 0.15) is 34.1 Å². The molecule has 0 saturated heterocycles. The summed E-state index contributed by atoms with van der Waals surface area (Å²) in [5.74, 6) is -0.364. The fraction of sp³-hybridized carbons (Fsp3) is 0.400. The maximum atomic E-state index is 13.0. The van der Waals surface area contributed by atoms with E-state index in [9.17, 15) is 9.59 Å². The van der Waals surface area contributed by atoms with Crippen molar-refractivity contribution in [3.8, 4) is 0 Å². The molecule has 2 aromatic carbocycles. The van der Waals surface area contributed by atoms with Crippen LogP contribution in [-0.4, -0.2) is 62.4 Å². The average Bonchev–Trinajstić information content (AvgIpc) is 2.60. The fourth-order valence-electron chi connectivity index (χ4n) is 3.29.